The summed E-state index contributed by atoms with van der Waals surface area (Å²) in [7, 11) is 0. The highest BCUT2D eigenvalue weighted by atomic mass is 19.3. The summed E-state index contributed by atoms with van der Waals surface area (Å²) in [5.74, 6) is -6.31. The summed E-state index contributed by atoms with van der Waals surface area (Å²) in [6.45, 7) is 0. The molecule has 1 aliphatic heterocycles. The average Bonchev–Trinajstić information content (AvgIpc) is 3.23. The summed E-state index contributed by atoms with van der Waals surface area (Å²) in [4.78, 5) is 0. The van der Waals surface area contributed by atoms with Crippen molar-refractivity contribution in [3.05, 3.63) is 132 Å². The molecule has 0 aliphatic carbocycles. The predicted octanol–water partition coefficient (Wildman–Crippen LogP) is 11.2. The number of halogens is 7. The molecule has 0 spiro atoms. The Morgan fingerprint density at radius 2 is 0.841 bits per heavy atom. The second-order valence-electron chi connectivity index (χ2n) is 10.8. The molecule has 1 nitrogen and oxygen atoms in total. The van der Waals surface area contributed by atoms with Crippen molar-refractivity contribution in [2.45, 2.75) is 12.2 Å². The van der Waals surface area contributed by atoms with Crippen molar-refractivity contribution in [2.75, 3.05) is 0 Å². The van der Waals surface area contributed by atoms with Gasteiger partial charge in [0.05, 0.1) is 5.56 Å². The summed E-state index contributed by atoms with van der Waals surface area (Å²) in [5.41, 5.74) is -4.19. The van der Waals surface area contributed by atoms with Crippen molar-refractivity contribution < 1.29 is 35.5 Å². The lowest BCUT2D eigenvalue weighted by molar-refractivity contribution is -0.370. The van der Waals surface area contributed by atoms with Gasteiger partial charge < -0.3 is 0 Å². The van der Waals surface area contributed by atoms with Crippen LogP contribution in [0.3, 0.4) is 0 Å². The van der Waals surface area contributed by atoms with Gasteiger partial charge >= 0.3 is 12.2 Å². The predicted molar refractivity (Wildman–Crippen MR) is 156 cm³/mol. The summed E-state index contributed by atoms with van der Waals surface area (Å²) < 4.78 is 106. The highest BCUT2D eigenvalue weighted by Crippen LogP contribution is 2.55. The van der Waals surface area contributed by atoms with Crippen molar-refractivity contribution >= 4 is 43.1 Å². The monoisotopic (exact) mass is 598 g/mol. The van der Waals surface area contributed by atoms with E-state index in [-0.39, 0.29) is 10.9 Å². The van der Waals surface area contributed by atoms with E-state index < -0.39 is 46.4 Å². The van der Waals surface area contributed by atoms with E-state index >= 15 is 8.78 Å². The molecule has 0 atom stereocenters. The highest BCUT2D eigenvalue weighted by molar-refractivity contribution is 6.26. The van der Waals surface area contributed by atoms with Crippen LogP contribution >= 0.6 is 0 Å². The Labute approximate surface area is 244 Å². The minimum Gasteiger partial charge on any atom is -0.247 e. The lowest BCUT2D eigenvalue weighted by Gasteiger charge is -2.17. The zero-order valence-electron chi connectivity index (χ0n) is 22.4. The molecule has 0 N–H and O–H groups in total. The molecule has 44 heavy (non-hydrogen) atoms. The quantitative estimate of drug-likeness (QED) is 0.109. The highest BCUT2D eigenvalue weighted by Gasteiger charge is 2.62. The summed E-state index contributed by atoms with van der Waals surface area (Å²) in [6.07, 6.45) is -9.79. The maximum Gasteiger partial charge on any atom is 0.391 e. The zero-order chi connectivity index (χ0) is 30.5. The molecule has 0 radical (unpaired) electrons. The van der Waals surface area contributed by atoms with Gasteiger partial charge in [-0.2, -0.15) is 17.6 Å². The minimum atomic E-state index is -4.92. The van der Waals surface area contributed by atoms with Crippen molar-refractivity contribution in [3.8, 4) is 22.3 Å². The fourth-order valence-electron chi connectivity index (χ4n) is 6.55. The lowest BCUT2D eigenvalue weighted by atomic mass is 9.88. The zero-order valence-corrected chi connectivity index (χ0v) is 22.4. The van der Waals surface area contributed by atoms with Crippen molar-refractivity contribution in [1.29, 1.82) is 0 Å². The normalized spacial score (nSPS) is 15.4. The largest absolute Gasteiger partial charge is 0.391 e. The number of alkyl halides is 4. The number of benzene rings is 7. The van der Waals surface area contributed by atoms with Crippen LogP contribution in [-0.4, -0.2) is 0 Å². The molecule has 0 saturated carbocycles. The Kier molecular flexibility index (Phi) is 5.47. The van der Waals surface area contributed by atoms with Gasteiger partial charge in [-0.1, -0.05) is 97.1 Å². The maximum absolute atomic E-state index is 15.6. The van der Waals surface area contributed by atoms with Crippen LogP contribution in [0.1, 0.15) is 11.1 Å². The van der Waals surface area contributed by atoms with Gasteiger partial charge in [0.1, 0.15) is 16.9 Å². The molecule has 8 rings (SSSR count). The van der Waals surface area contributed by atoms with Gasteiger partial charge in [-0.05, 0) is 65.8 Å². The van der Waals surface area contributed by atoms with Crippen LogP contribution in [0.2, 0.25) is 0 Å². The third-order valence-corrected chi connectivity index (χ3v) is 8.41. The molecule has 1 aliphatic rings. The fraction of sp³-hybridized carbons (Fsp3) is 0.0556. The van der Waals surface area contributed by atoms with E-state index in [1.54, 1.807) is 24.3 Å². The van der Waals surface area contributed by atoms with Crippen LogP contribution in [0.15, 0.2) is 103 Å². The van der Waals surface area contributed by atoms with E-state index in [1.807, 2.05) is 48.5 Å². The van der Waals surface area contributed by atoms with Crippen LogP contribution in [-0.2, 0) is 17.0 Å². The minimum absolute atomic E-state index is 0.208. The van der Waals surface area contributed by atoms with Crippen LogP contribution in [0, 0.1) is 17.5 Å². The number of hydrogen-bond donors (Lipinski definition) is 0. The lowest BCUT2D eigenvalue weighted by Crippen LogP contribution is -2.18. The first-order valence-electron chi connectivity index (χ1n) is 13.6. The smallest absolute Gasteiger partial charge is 0.247 e. The Morgan fingerprint density at radius 3 is 1.41 bits per heavy atom. The fourth-order valence-corrected chi connectivity index (χ4v) is 6.55. The maximum atomic E-state index is 15.6. The number of fused-ring (bicyclic) bond motifs is 8. The third kappa shape index (κ3) is 3.58. The van der Waals surface area contributed by atoms with Gasteiger partial charge in [0, 0.05) is 0 Å². The molecule has 0 unspecified atom stereocenters. The van der Waals surface area contributed by atoms with Crippen LogP contribution in [0.4, 0.5) is 30.7 Å². The molecule has 216 valence electrons. The van der Waals surface area contributed by atoms with Gasteiger partial charge in [0.2, 0.25) is 0 Å². The topological polar surface area (TPSA) is 9.23 Å². The van der Waals surface area contributed by atoms with E-state index in [2.05, 4.69) is 22.9 Å². The SMILES string of the molecule is Fc1c(F)c2c(c(F)c1-c1ccc(-c3ccc4c5ccccc5c5ccccc5c4c3)c3ccccc13)C(F)(F)OC2(F)F. The van der Waals surface area contributed by atoms with Gasteiger partial charge in [0.25, 0.3) is 0 Å². The average molecular weight is 599 g/mol. The molecule has 0 amide bonds. The number of ether oxygens (including phenoxy) is 1. The molecule has 1 heterocycles. The van der Waals surface area contributed by atoms with E-state index in [0.717, 1.165) is 37.9 Å². The van der Waals surface area contributed by atoms with E-state index in [0.29, 0.717) is 10.9 Å². The van der Waals surface area contributed by atoms with Gasteiger partial charge in [-0.3, -0.25) is 0 Å². The van der Waals surface area contributed by atoms with Crippen LogP contribution in [0.5, 0.6) is 0 Å². The van der Waals surface area contributed by atoms with Crippen molar-refractivity contribution in [2.24, 2.45) is 0 Å². The van der Waals surface area contributed by atoms with Crippen LogP contribution < -0.4 is 0 Å². The second kappa shape index (κ2) is 9.03. The molecule has 0 saturated heterocycles. The molecular formula is C36H17F7O. The van der Waals surface area contributed by atoms with Crippen molar-refractivity contribution in [1.82, 2.24) is 0 Å². The molecule has 0 fully saturated rings. The van der Waals surface area contributed by atoms with E-state index in [9.17, 15) is 22.0 Å². The standard InChI is InChI=1S/C36H17F7O/c37-32-29(33(38)34(39)31-30(32)35(40,41)44-36(31,42)43)27-16-15-19(20-7-1-5-11-24(20)27)18-13-14-26-23-10-3-2-8-21(23)22-9-4-6-12-25(22)28(26)17-18/h1-17H. The van der Waals surface area contributed by atoms with Gasteiger partial charge in [-0.25, -0.2) is 17.9 Å². The Balaban J connectivity index is 1.39. The number of hydrogen-bond acceptors (Lipinski definition) is 1. The molecular weight excluding hydrogens is 581 g/mol. The first-order chi connectivity index (χ1) is 21.1. The molecule has 7 aromatic rings. The molecule has 7 aromatic carbocycles. The molecule has 8 heteroatoms. The van der Waals surface area contributed by atoms with Gasteiger partial charge in [-0.15, -0.1) is 0 Å². The molecule has 0 aromatic heterocycles. The first kappa shape index (κ1) is 26.7. The first-order valence-corrected chi connectivity index (χ1v) is 13.6. The van der Waals surface area contributed by atoms with E-state index in [4.69, 9.17) is 0 Å². The van der Waals surface area contributed by atoms with E-state index in [1.165, 1.54) is 12.1 Å². The Morgan fingerprint density at radius 1 is 0.409 bits per heavy atom. The summed E-state index contributed by atoms with van der Waals surface area (Å²) in [5, 5.41) is 6.99. The third-order valence-electron chi connectivity index (χ3n) is 8.41. The Hall–Kier alpha value is -4.95. The number of rotatable bonds is 2. The summed E-state index contributed by atoms with van der Waals surface area (Å²) >= 11 is 0. The Bertz CT molecular complexity index is 2330. The summed E-state index contributed by atoms with van der Waals surface area (Å²) in [6, 6.07) is 31.3. The van der Waals surface area contributed by atoms with Gasteiger partial charge in [0.15, 0.2) is 11.6 Å². The van der Waals surface area contributed by atoms with Crippen LogP contribution in [0.25, 0.3) is 65.3 Å². The molecule has 0 bridgehead atoms. The second-order valence-corrected chi connectivity index (χ2v) is 10.8. The van der Waals surface area contributed by atoms with Crippen molar-refractivity contribution in [3.63, 3.8) is 0 Å².